The number of amides is 1. The van der Waals surface area contributed by atoms with Gasteiger partial charge in [-0.2, -0.15) is 0 Å². The summed E-state index contributed by atoms with van der Waals surface area (Å²) in [6, 6.07) is 10.1. The van der Waals surface area contributed by atoms with Crippen molar-refractivity contribution >= 4 is 23.4 Å². The molecule has 4 rings (SSSR count). The van der Waals surface area contributed by atoms with Gasteiger partial charge in [0.25, 0.3) is 0 Å². The second-order valence-electron chi connectivity index (χ2n) is 5.81. The number of aromatic nitrogens is 1. The molecule has 0 N–H and O–H groups in total. The molecule has 1 saturated heterocycles. The zero-order valence-corrected chi connectivity index (χ0v) is 12.8. The van der Waals surface area contributed by atoms with E-state index in [1.807, 2.05) is 41.4 Å². The molecule has 1 aromatic carbocycles. The predicted octanol–water partition coefficient (Wildman–Crippen LogP) is 3.22. The molecular weight excluding hydrogens is 286 g/mol. The summed E-state index contributed by atoms with van der Waals surface area (Å²) in [4.78, 5) is 22.5. The number of fused-ring (bicyclic) bond motifs is 1. The fourth-order valence-corrected chi connectivity index (χ4v) is 3.08. The van der Waals surface area contributed by atoms with Crippen molar-refractivity contribution in [2.45, 2.75) is 19.4 Å². The Hall–Kier alpha value is -2.75. The van der Waals surface area contributed by atoms with Crippen molar-refractivity contribution in [3.63, 3.8) is 0 Å². The van der Waals surface area contributed by atoms with Gasteiger partial charge in [-0.1, -0.05) is 18.2 Å². The average molecular weight is 303 g/mol. The molecule has 4 nitrogen and oxygen atoms in total. The van der Waals surface area contributed by atoms with Crippen LogP contribution in [0.15, 0.2) is 53.8 Å². The molecule has 0 bridgehead atoms. The first-order valence-corrected chi connectivity index (χ1v) is 7.87. The van der Waals surface area contributed by atoms with E-state index in [0.717, 1.165) is 35.5 Å². The summed E-state index contributed by atoms with van der Waals surface area (Å²) in [7, 11) is 0. The maximum absolute atomic E-state index is 11.9. The van der Waals surface area contributed by atoms with Crippen molar-refractivity contribution in [2.24, 2.45) is 4.99 Å². The fraction of sp³-hybridized carbons (Fsp3) is 0.211. The summed E-state index contributed by atoms with van der Waals surface area (Å²) in [5.41, 5.74) is 5.34. The first kappa shape index (κ1) is 13.9. The Morgan fingerprint density at radius 2 is 2.13 bits per heavy atom. The number of carbonyl (C=O) groups is 1. The minimum atomic E-state index is 0.215. The van der Waals surface area contributed by atoms with E-state index in [-0.39, 0.29) is 5.91 Å². The molecule has 2 aliphatic rings. The third-order valence-electron chi connectivity index (χ3n) is 4.29. The quantitative estimate of drug-likeness (QED) is 0.874. The predicted molar refractivity (Wildman–Crippen MR) is 91.5 cm³/mol. The van der Waals surface area contributed by atoms with E-state index in [4.69, 9.17) is 0 Å². The lowest BCUT2D eigenvalue weighted by molar-refractivity contribution is -0.117. The number of benzene rings is 1. The molecule has 3 heterocycles. The largest absolute Gasteiger partial charge is 0.312 e. The Kier molecular flexibility index (Phi) is 3.50. The van der Waals surface area contributed by atoms with Gasteiger partial charge in [0.15, 0.2) is 0 Å². The van der Waals surface area contributed by atoms with Gasteiger partial charge in [-0.15, -0.1) is 0 Å². The summed E-state index contributed by atoms with van der Waals surface area (Å²) in [5.74, 6) is 0.215. The highest BCUT2D eigenvalue weighted by Gasteiger charge is 2.23. The molecule has 0 unspecified atom stereocenters. The number of pyridine rings is 1. The highest BCUT2D eigenvalue weighted by molar-refractivity contribution is 6.14. The van der Waals surface area contributed by atoms with Crippen LogP contribution in [0.3, 0.4) is 0 Å². The van der Waals surface area contributed by atoms with Crippen LogP contribution in [0.1, 0.15) is 29.5 Å². The zero-order chi connectivity index (χ0) is 15.6. The first-order chi connectivity index (χ1) is 11.3. The number of hydrogen-bond acceptors (Lipinski definition) is 3. The van der Waals surface area contributed by atoms with Crippen molar-refractivity contribution in [1.82, 2.24) is 4.98 Å². The van der Waals surface area contributed by atoms with Crippen LogP contribution < -0.4 is 4.90 Å². The second-order valence-corrected chi connectivity index (χ2v) is 5.81. The molecule has 1 aromatic heterocycles. The summed E-state index contributed by atoms with van der Waals surface area (Å²) in [6.07, 6.45) is 9.23. The monoisotopic (exact) mass is 303 g/mol. The number of carbonyl (C=O) groups excluding carboxylic acids is 1. The highest BCUT2D eigenvalue weighted by Crippen LogP contribution is 2.28. The Balaban J connectivity index is 1.62. The summed E-state index contributed by atoms with van der Waals surface area (Å²) < 4.78 is 0. The van der Waals surface area contributed by atoms with Gasteiger partial charge in [0.2, 0.25) is 5.91 Å². The van der Waals surface area contributed by atoms with Crippen LogP contribution in [0, 0.1) is 0 Å². The van der Waals surface area contributed by atoms with Crippen LogP contribution in [0.5, 0.6) is 0 Å². The van der Waals surface area contributed by atoms with Crippen LogP contribution in [-0.4, -0.2) is 23.1 Å². The van der Waals surface area contributed by atoms with Gasteiger partial charge in [0.1, 0.15) is 0 Å². The van der Waals surface area contributed by atoms with E-state index in [0.29, 0.717) is 13.0 Å². The van der Waals surface area contributed by atoms with Gasteiger partial charge >= 0.3 is 0 Å². The number of nitrogens with zero attached hydrogens (tertiary/aromatic N) is 3. The molecule has 23 heavy (non-hydrogen) atoms. The van der Waals surface area contributed by atoms with Gasteiger partial charge in [-0.3, -0.25) is 14.8 Å². The van der Waals surface area contributed by atoms with Crippen molar-refractivity contribution in [3.8, 4) is 0 Å². The van der Waals surface area contributed by atoms with E-state index in [1.54, 1.807) is 6.20 Å². The van der Waals surface area contributed by atoms with Crippen LogP contribution in [-0.2, 0) is 11.3 Å². The molecule has 114 valence electrons. The van der Waals surface area contributed by atoms with E-state index >= 15 is 0 Å². The molecule has 1 amide bonds. The normalized spacial score (nSPS) is 17.0. The zero-order valence-electron chi connectivity index (χ0n) is 12.8. The molecule has 2 aromatic rings. The Morgan fingerprint density at radius 1 is 1.17 bits per heavy atom. The number of aliphatic imine (C=N–C) groups is 1. The topological polar surface area (TPSA) is 45.6 Å². The lowest BCUT2D eigenvalue weighted by Gasteiger charge is -2.16. The summed E-state index contributed by atoms with van der Waals surface area (Å²) in [5, 5.41) is 0. The van der Waals surface area contributed by atoms with Gasteiger partial charge in [0, 0.05) is 36.6 Å². The second kappa shape index (κ2) is 5.80. The molecule has 2 aliphatic heterocycles. The summed E-state index contributed by atoms with van der Waals surface area (Å²) >= 11 is 0. The maximum Gasteiger partial charge on any atom is 0.227 e. The van der Waals surface area contributed by atoms with Crippen LogP contribution >= 0.6 is 0 Å². The fourth-order valence-electron chi connectivity index (χ4n) is 3.08. The van der Waals surface area contributed by atoms with Crippen molar-refractivity contribution in [1.29, 1.82) is 0 Å². The van der Waals surface area contributed by atoms with E-state index < -0.39 is 0 Å². The SMILES string of the molecule is O=C1CCCN1c1ccc2c(c1)C(/C=C/c1cccnc1)=NC2. The van der Waals surface area contributed by atoms with Crippen molar-refractivity contribution in [2.75, 3.05) is 11.4 Å². The van der Waals surface area contributed by atoms with E-state index in [1.165, 1.54) is 5.56 Å². The minimum absolute atomic E-state index is 0.215. The third kappa shape index (κ3) is 2.68. The highest BCUT2D eigenvalue weighted by atomic mass is 16.2. The average Bonchev–Trinajstić information content (AvgIpc) is 3.19. The maximum atomic E-state index is 11.9. The smallest absolute Gasteiger partial charge is 0.227 e. The van der Waals surface area contributed by atoms with Crippen molar-refractivity contribution < 1.29 is 4.79 Å². The molecule has 0 spiro atoms. The Labute approximate surface area is 135 Å². The number of rotatable bonds is 3. The van der Waals surface area contributed by atoms with Crippen molar-refractivity contribution in [3.05, 3.63) is 65.5 Å². The molecule has 0 aliphatic carbocycles. The lowest BCUT2D eigenvalue weighted by atomic mass is 10.0. The van der Waals surface area contributed by atoms with Crippen LogP contribution in [0.25, 0.3) is 6.08 Å². The molecular formula is C19H17N3O. The number of anilines is 1. The Bertz CT molecular complexity index is 809. The third-order valence-corrected chi connectivity index (χ3v) is 4.29. The molecule has 0 saturated carbocycles. The molecule has 0 atom stereocenters. The number of allylic oxidation sites excluding steroid dienone is 1. The van der Waals surface area contributed by atoms with E-state index in [9.17, 15) is 4.79 Å². The summed E-state index contributed by atoms with van der Waals surface area (Å²) in [6.45, 7) is 1.52. The molecule has 0 radical (unpaired) electrons. The van der Waals surface area contributed by atoms with E-state index in [2.05, 4.69) is 22.1 Å². The lowest BCUT2D eigenvalue weighted by Crippen LogP contribution is -2.23. The number of hydrogen-bond donors (Lipinski definition) is 0. The Morgan fingerprint density at radius 3 is 2.91 bits per heavy atom. The van der Waals surface area contributed by atoms with Gasteiger partial charge in [0.05, 0.1) is 12.3 Å². The van der Waals surface area contributed by atoms with Crippen LogP contribution in [0.2, 0.25) is 0 Å². The minimum Gasteiger partial charge on any atom is -0.312 e. The molecule has 4 heteroatoms. The van der Waals surface area contributed by atoms with Gasteiger partial charge in [-0.05, 0) is 41.8 Å². The standard InChI is InChI=1S/C19H17N3O/c23-19-4-2-10-22(19)16-7-6-15-13-21-18(17(15)11-16)8-5-14-3-1-9-20-12-14/h1,3,5-9,11-12H,2,4,10,13H2/b8-5+. The van der Waals surface area contributed by atoms with Crippen LogP contribution in [0.4, 0.5) is 5.69 Å². The van der Waals surface area contributed by atoms with Gasteiger partial charge in [-0.25, -0.2) is 0 Å². The van der Waals surface area contributed by atoms with Gasteiger partial charge < -0.3 is 4.90 Å². The molecule has 1 fully saturated rings. The first-order valence-electron chi connectivity index (χ1n) is 7.87.